The Bertz CT molecular complexity index is 866. The number of hydrogen-bond acceptors (Lipinski definition) is 5. The number of aromatic nitrogens is 2. The van der Waals surface area contributed by atoms with E-state index < -0.39 is 0 Å². The number of rotatable bonds is 7. The van der Waals surface area contributed by atoms with Gasteiger partial charge in [0, 0.05) is 23.6 Å². The molecule has 1 N–H and O–H groups in total. The molecule has 26 heavy (non-hydrogen) atoms. The Kier molecular flexibility index (Phi) is 5.80. The van der Waals surface area contributed by atoms with Crippen molar-refractivity contribution in [3.8, 4) is 17.2 Å². The standard InChI is InChI=1S/C18H15ClFN3O3/c19-13-3-7-15(8-4-13)25-11-16(24)21-10-9-17-22-23-18(26-17)12-1-5-14(20)6-2-12/h1-8H,9-11H2,(H,21,24). The second-order valence-corrected chi connectivity index (χ2v) is 5.79. The van der Waals surface area contributed by atoms with E-state index in [1.165, 1.54) is 12.1 Å². The SMILES string of the molecule is O=C(COc1ccc(Cl)cc1)NCCc1nnc(-c2ccc(F)cc2)o1. The largest absolute Gasteiger partial charge is 0.484 e. The lowest BCUT2D eigenvalue weighted by Gasteiger charge is -2.06. The number of amides is 1. The molecule has 0 unspecified atom stereocenters. The molecule has 6 nitrogen and oxygen atoms in total. The molecule has 0 saturated carbocycles. The van der Waals surface area contributed by atoms with Crippen molar-refractivity contribution in [1.29, 1.82) is 0 Å². The smallest absolute Gasteiger partial charge is 0.257 e. The zero-order chi connectivity index (χ0) is 18.4. The van der Waals surface area contributed by atoms with Crippen LogP contribution in [0, 0.1) is 5.82 Å². The number of halogens is 2. The molecule has 0 radical (unpaired) electrons. The molecule has 2 aromatic carbocycles. The van der Waals surface area contributed by atoms with Crippen LogP contribution >= 0.6 is 11.6 Å². The van der Waals surface area contributed by atoms with Crippen LogP contribution < -0.4 is 10.1 Å². The summed E-state index contributed by atoms with van der Waals surface area (Å²) < 4.78 is 23.8. The quantitative estimate of drug-likeness (QED) is 0.685. The van der Waals surface area contributed by atoms with Crippen LogP contribution in [0.1, 0.15) is 5.89 Å². The Morgan fingerprint density at radius 2 is 1.85 bits per heavy atom. The average molecular weight is 376 g/mol. The van der Waals surface area contributed by atoms with E-state index in [9.17, 15) is 9.18 Å². The van der Waals surface area contributed by atoms with E-state index in [4.69, 9.17) is 20.8 Å². The first-order chi connectivity index (χ1) is 12.6. The minimum absolute atomic E-state index is 0.105. The Hall–Kier alpha value is -2.93. The van der Waals surface area contributed by atoms with Crippen LogP contribution in [0.4, 0.5) is 4.39 Å². The van der Waals surface area contributed by atoms with Crippen LogP contribution in [-0.4, -0.2) is 29.3 Å². The fourth-order valence-corrected chi connectivity index (χ4v) is 2.23. The number of nitrogens with zero attached hydrogens (tertiary/aromatic N) is 2. The van der Waals surface area contributed by atoms with E-state index in [-0.39, 0.29) is 18.3 Å². The Balaban J connectivity index is 1.42. The molecule has 0 spiro atoms. The second-order valence-electron chi connectivity index (χ2n) is 5.35. The van der Waals surface area contributed by atoms with Crippen LogP contribution in [0.15, 0.2) is 52.9 Å². The van der Waals surface area contributed by atoms with Crippen molar-refractivity contribution in [1.82, 2.24) is 15.5 Å². The number of carbonyl (C=O) groups excluding carboxylic acids is 1. The number of benzene rings is 2. The third-order valence-electron chi connectivity index (χ3n) is 3.40. The van der Waals surface area contributed by atoms with Crippen LogP contribution in [0.5, 0.6) is 5.75 Å². The zero-order valence-corrected chi connectivity index (χ0v) is 14.4. The van der Waals surface area contributed by atoms with E-state index in [1.807, 2.05) is 0 Å². The number of nitrogens with one attached hydrogen (secondary N) is 1. The third kappa shape index (κ3) is 5.03. The molecule has 0 aliphatic heterocycles. The van der Waals surface area contributed by atoms with Gasteiger partial charge in [0.1, 0.15) is 11.6 Å². The number of carbonyl (C=O) groups is 1. The van der Waals surface area contributed by atoms with Gasteiger partial charge in [0.05, 0.1) is 0 Å². The molecule has 3 aromatic rings. The number of hydrogen-bond donors (Lipinski definition) is 1. The highest BCUT2D eigenvalue weighted by Crippen LogP contribution is 2.18. The van der Waals surface area contributed by atoms with Crippen molar-refractivity contribution in [2.24, 2.45) is 0 Å². The van der Waals surface area contributed by atoms with Crippen molar-refractivity contribution in [2.45, 2.75) is 6.42 Å². The number of ether oxygens (including phenoxy) is 1. The van der Waals surface area contributed by atoms with E-state index in [0.29, 0.717) is 41.1 Å². The molecular formula is C18H15ClFN3O3. The van der Waals surface area contributed by atoms with Crippen LogP contribution in [-0.2, 0) is 11.2 Å². The van der Waals surface area contributed by atoms with Crippen molar-refractivity contribution in [3.63, 3.8) is 0 Å². The Morgan fingerprint density at radius 3 is 2.58 bits per heavy atom. The first kappa shape index (κ1) is 17.9. The predicted octanol–water partition coefficient (Wildman–Crippen LogP) is 3.27. The topological polar surface area (TPSA) is 77.2 Å². The van der Waals surface area contributed by atoms with Gasteiger partial charge in [-0.1, -0.05) is 11.6 Å². The normalized spacial score (nSPS) is 10.5. The predicted molar refractivity (Wildman–Crippen MR) is 93.4 cm³/mol. The van der Waals surface area contributed by atoms with Gasteiger partial charge < -0.3 is 14.5 Å². The van der Waals surface area contributed by atoms with Gasteiger partial charge in [-0.25, -0.2) is 4.39 Å². The molecule has 8 heteroatoms. The highest BCUT2D eigenvalue weighted by atomic mass is 35.5. The van der Waals surface area contributed by atoms with Gasteiger partial charge in [-0.15, -0.1) is 10.2 Å². The third-order valence-corrected chi connectivity index (χ3v) is 3.65. The summed E-state index contributed by atoms with van der Waals surface area (Å²) in [6.45, 7) is 0.222. The summed E-state index contributed by atoms with van der Waals surface area (Å²) in [4.78, 5) is 11.8. The minimum Gasteiger partial charge on any atom is -0.484 e. The van der Waals surface area contributed by atoms with Crippen molar-refractivity contribution < 1.29 is 18.3 Å². The maximum absolute atomic E-state index is 12.9. The van der Waals surface area contributed by atoms with Crippen molar-refractivity contribution in [3.05, 3.63) is 65.3 Å². The van der Waals surface area contributed by atoms with E-state index >= 15 is 0 Å². The van der Waals surface area contributed by atoms with E-state index in [2.05, 4.69) is 15.5 Å². The van der Waals surface area contributed by atoms with E-state index in [1.54, 1.807) is 36.4 Å². The summed E-state index contributed by atoms with van der Waals surface area (Å²) in [6.07, 6.45) is 0.376. The molecule has 134 valence electrons. The molecule has 0 aliphatic carbocycles. The minimum atomic E-state index is -0.336. The lowest BCUT2D eigenvalue weighted by molar-refractivity contribution is -0.123. The average Bonchev–Trinajstić information content (AvgIpc) is 3.11. The first-order valence-electron chi connectivity index (χ1n) is 7.83. The van der Waals surface area contributed by atoms with Crippen molar-refractivity contribution >= 4 is 17.5 Å². The molecule has 1 amide bonds. The van der Waals surface area contributed by atoms with Gasteiger partial charge in [0.25, 0.3) is 5.91 Å². The molecule has 0 atom stereocenters. The molecule has 3 rings (SSSR count). The van der Waals surface area contributed by atoms with Gasteiger partial charge >= 0.3 is 0 Å². The lowest BCUT2D eigenvalue weighted by atomic mass is 10.2. The monoisotopic (exact) mass is 375 g/mol. The fourth-order valence-electron chi connectivity index (χ4n) is 2.10. The summed E-state index contributed by atoms with van der Waals surface area (Å²) in [6, 6.07) is 12.5. The van der Waals surface area contributed by atoms with Gasteiger partial charge in [0.15, 0.2) is 6.61 Å². The lowest BCUT2D eigenvalue weighted by Crippen LogP contribution is -2.30. The van der Waals surface area contributed by atoms with Gasteiger partial charge in [-0.2, -0.15) is 0 Å². The molecule has 0 bridgehead atoms. The highest BCUT2D eigenvalue weighted by molar-refractivity contribution is 6.30. The summed E-state index contributed by atoms with van der Waals surface area (Å²) in [5.41, 5.74) is 0.630. The van der Waals surface area contributed by atoms with Crippen LogP contribution in [0.3, 0.4) is 0 Å². The Labute approximate surface area is 154 Å². The first-order valence-corrected chi connectivity index (χ1v) is 8.21. The van der Waals surface area contributed by atoms with Crippen LogP contribution in [0.2, 0.25) is 5.02 Å². The summed E-state index contributed by atoms with van der Waals surface area (Å²) in [5.74, 6) is 0.640. The molecular weight excluding hydrogens is 361 g/mol. The Morgan fingerprint density at radius 1 is 1.12 bits per heavy atom. The molecule has 0 fully saturated rings. The maximum atomic E-state index is 12.9. The zero-order valence-electron chi connectivity index (χ0n) is 13.6. The fraction of sp³-hybridized carbons (Fsp3) is 0.167. The van der Waals surface area contributed by atoms with E-state index in [0.717, 1.165) is 0 Å². The molecule has 0 aliphatic rings. The summed E-state index contributed by atoms with van der Waals surface area (Å²) in [5, 5.41) is 11.1. The second kappa shape index (κ2) is 8.44. The molecule has 1 heterocycles. The van der Waals surface area contributed by atoms with Gasteiger partial charge in [-0.3, -0.25) is 4.79 Å². The molecule has 1 aromatic heterocycles. The van der Waals surface area contributed by atoms with Gasteiger partial charge in [0.2, 0.25) is 11.8 Å². The van der Waals surface area contributed by atoms with Crippen molar-refractivity contribution in [2.75, 3.05) is 13.2 Å². The summed E-state index contributed by atoms with van der Waals surface area (Å²) in [7, 11) is 0. The summed E-state index contributed by atoms with van der Waals surface area (Å²) >= 11 is 5.78. The van der Waals surface area contributed by atoms with Crippen LogP contribution in [0.25, 0.3) is 11.5 Å². The van der Waals surface area contributed by atoms with Gasteiger partial charge in [-0.05, 0) is 48.5 Å². The maximum Gasteiger partial charge on any atom is 0.257 e. The molecule has 0 saturated heterocycles. The highest BCUT2D eigenvalue weighted by Gasteiger charge is 2.09.